The second-order valence-electron chi connectivity index (χ2n) is 9.41. The highest BCUT2D eigenvalue weighted by Crippen LogP contribution is 2.33. The van der Waals surface area contributed by atoms with Crippen LogP contribution in [0.25, 0.3) is 0 Å². The predicted molar refractivity (Wildman–Crippen MR) is 121 cm³/mol. The smallest absolute Gasteiger partial charge is 0.256 e. The van der Waals surface area contributed by atoms with Crippen molar-refractivity contribution in [2.24, 2.45) is 11.8 Å². The molecule has 0 aromatic heterocycles. The van der Waals surface area contributed by atoms with Gasteiger partial charge in [-0.15, -0.1) is 0 Å². The number of anilines is 2. The van der Waals surface area contributed by atoms with E-state index < -0.39 is 0 Å². The minimum absolute atomic E-state index is 0.109. The van der Waals surface area contributed by atoms with Crippen molar-refractivity contribution in [2.45, 2.75) is 58.4 Å². The topological polar surface area (TPSA) is 64.7 Å². The Balaban J connectivity index is 1.64. The van der Waals surface area contributed by atoms with E-state index in [1.165, 1.54) is 12.8 Å². The first-order valence-corrected chi connectivity index (χ1v) is 11.8. The van der Waals surface area contributed by atoms with E-state index in [1.54, 1.807) is 0 Å². The van der Waals surface area contributed by atoms with Crippen LogP contribution < -0.4 is 15.5 Å². The van der Waals surface area contributed by atoms with Crippen LogP contribution in [0.15, 0.2) is 18.2 Å². The van der Waals surface area contributed by atoms with Crippen molar-refractivity contribution in [3.63, 3.8) is 0 Å². The van der Waals surface area contributed by atoms with E-state index in [2.05, 4.69) is 34.3 Å². The van der Waals surface area contributed by atoms with Gasteiger partial charge >= 0.3 is 0 Å². The fourth-order valence-electron chi connectivity index (χ4n) is 4.68. The number of nitrogens with zero attached hydrogens (tertiary/aromatic N) is 2. The van der Waals surface area contributed by atoms with Crippen molar-refractivity contribution in [3.8, 4) is 0 Å². The lowest BCUT2D eigenvalue weighted by molar-refractivity contribution is -0.117. The minimum atomic E-state index is 0.109. The van der Waals surface area contributed by atoms with Crippen LogP contribution in [-0.4, -0.2) is 55.5 Å². The molecule has 0 radical (unpaired) electrons. The Morgan fingerprint density at radius 3 is 2.47 bits per heavy atom. The summed E-state index contributed by atoms with van der Waals surface area (Å²) in [4.78, 5) is 30.4. The fraction of sp³-hybridized carbons (Fsp3) is 0.667. The summed E-state index contributed by atoms with van der Waals surface area (Å²) in [5.41, 5.74) is 2.56. The highest BCUT2D eigenvalue weighted by Gasteiger charge is 2.32. The van der Waals surface area contributed by atoms with Crippen molar-refractivity contribution in [1.82, 2.24) is 10.2 Å². The van der Waals surface area contributed by atoms with E-state index in [4.69, 9.17) is 0 Å². The quantitative estimate of drug-likeness (QED) is 0.777. The summed E-state index contributed by atoms with van der Waals surface area (Å²) in [7, 11) is 0. The first-order chi connectivity index (χ1) is 14.5. The van der Waals surface area contributed by atoms with Gasteiger partial charge in [-0.2, -0.15) is 0 Å². The Kier molecular flexibility index (Phi) is 6.61. The molecule has 1 aromatic rings. The van der Waals surface area contributed by atoms with Crippen molar-refractivity contribution in [3.05, 3.63) is 23.8 Å². The average Bonchev–Trinajstić information content (AvgIpc) is 3.60. The normalized spacial score (nSPS) is 22.7. The number of amides is 2. The maximum atomic E-state index is 13.7. The summed E-state index contributed by atoms with van der Waals surface area (Å²) in [6, 6.07) is 6.08. The van der Waals surface area contributed by atoms with Crippen LogP contribution in [0.5, 0.6) is 0 Å². The van der Waals surface area contributed by atoms with E-state index in [0.717, 1.165) is 75.3 Å². The molecule has 1 aromatic carbocycles. The first kappa shape index (κ1) is 21.2. The Morgan fingerprint density at radius 2 is 1.80 bits per heavy atom. The number of hydrogen-bond acceptors (Lipinski definition) is 4. The third-order valence-electron chi connectivity index (χ3n) is 6.70. The SMILES string of the molecule is CC(C)C1CNCCN1C(=O)c1ccc(NC(=O)C2CC2)cc1N1CCCCCC1. The van der Waals surface area contributed by atoms with Crippen LogP contribution in [0.2, 0.25) is 0 Å². The maximum Gasteiger partial charge on any atom is 0.256 e. The summed E-state index contributed by atoms with van der Waals surface area (Å²) in [5, 5.41) is 6.51. The summed E-state index contributed by atoms with van der Waals surface area (Å²) in [6.45, 7) is 8.72. The van der Waals surface area contributed by atoms with Gasteiger partial charge in [0.25, 0.3) is 5.91 Å². The molecule has 30 heavy (non-hydrogen) atoms. The largest absolute Gasteiger partial charge is 0.371 e. The molecule has 2 N–H and O–H groups in total. The zero-order valence-corrected chi connectivity index (χ0v) is 18.5. The van der Waals surface area contributed by atoms with Gasteiger partial charge in [0, 0.05) is 50.4 Å². The molecule has 2 amide bonds. The second-order valence-corrected chi connectivity index (χ2v) is 9.41. The van der Waals surface area contributed by atoms with Crippen LogP contribution in [0.3, 0.4) is 0 Å². The number of carbonyl (C=O) groups excluding carboxylic acids is 2. The van der Waals surface area contributed by atoms with Gasteiger partial charge in [-0.25, -0.2) is 0 Å². The first-order valence-electron chi connectivity index (χ1n) is 11.8. The second kappa shape index (κ2) is 9.38. The Labute approximate surface area is 180 Å². The number of piperazine rings is 1. The molecule has 3 aliphatic rings. The molecule has 2 heterocycles. The fourth-order valence-corrected chi connectivity index (χ4v) is 4.68. The zero-order valence-electron chi connectivity index (χ0n) is 18.5. The number of nitrogens with one attached hydrogen (secondary N) is 2. The van der Waals surface area contributed by atoms with Gasteiger partial charge in [0.1, 0.15) is 0 Å². The van der Waals surface area contributed by atoms with Crippen molar-refractivity contribution in [2.75, 3.05) is 42.9 Å². The highest BCUT2D eigenvalue weighted by atomic mass is 16.2. The maximum absolute atomic E-state index is 13.7. The Morgan fingerprint density at radius 1 is 1.07 bits per heavy atom. The third-order valence-corrected chi connectivity index (χ3v) is 6.70. The van der Waals surface area contributed by atoms with Gasteiger partial charge in [0.15, 0.2) is 0 Å². The molecule has 1 saturated carbocycles. The van der Waals surface area contributed by atoms with Gasteiger partial charge in [-0.3, -0.25) is 9.59 Å². The Hall–Kier alpha value is -2.08. The van der Waals surface area contributed by atoms with Gasteiger partial charge in [0.05, 0.1) is 11.3 Å². The Bertz CT molecular complexity index is 766. The predicted octanol–water partition coefficient (Wildman–Crippen LogP) is 3.49. The molecule has 3 fully saturated rings. The van der Waals surface area contributed by atoms with Crippen LogP contribution >= 0.6 is 0 Å². The van der Waals surface area contributed by atoms with E-state index >= 15 is 0 Å². The van der Waals surface area contributed by atoms with Crippen LogP contribution in [-0.2, 0) is 4.79 Å². The van der Waals surface area contributed by atoms with E-state index in [-0.39, 0.29) is 23.8 Å². The van der Waals surface area contributed by atoms with E-state index in [0.29, 0.717) is 5.92 Å². The molecular weight excluding hydrogens is 376 g/mol. The van der Waals surface area contributed by atoms with Crippen molar-refractivity contribution < 1.29 is 9.59 Å². The number of benzene rings is 1. The van der Waals surface area contributed by atoms with E-state index in [1.807, 2.05) is 18.2 Å². The molecule has 6 heteroatoms. The average molecular weight is 413 g/mol. The minimum Gasteiger partial charge on any atom is -0.371 e. The summed E-state index contributed by atoms with van der Waals surface area (Å²) < 4.78 is 0. The summed E-state index contributed by atoms with van der Waals surface area (Å²) >= 11 is 0. The van der Waals surface area contributed by atoms with Gasteiger partial charge < -0.3 is 20.4 Å². The van der Waals surface area contributed by atoms with Gasteiger partial charge in [0.2, 0.25) is 5.91 Å². The lowest BCUT2D eigenvalue weighted by Gasteiger charge is -2.39. The lowest BCUT2D eigenvalue weighted by atomic mass is 9.98. The van der Waals surface area contributed by atoms with Crippen LogP contribution in [0.1, 0.15) is 62.7 Å². The molecule has 4 rings (SSSR count). The standard InChI is InChI=1S/C24H36N4O2/c1-17(2)22-16-25-11-14-28(22)24(30)20-10-9-19(26-23(29)18-7-8-18)15-21(20)27-12-5-3-4-6-13-27/h9-10,15,17-18,22,25H,3-8,11-14,16H2,1-2H3,(H,26,29). The molecule has 164 valence electrons. The molecule has 2 saturated heterocycles. The summed E-state index contributed by atoms with van der Waals surface area (Å²) in [5.74, 6) is 0.800. The zero-order chi connectivity index (χ0) is 21.1. The number of hydrogen-bond donors (Lipinski definition) is 2. The van der Waals surface area contributed by atoms with Gasteiger partial charge in [-0.1, -0.05) is 26.7 Å². The molecule has 1 unspecified atom stereocenters. The summed E-state index contributed by atoms with van der Waals surface area (Å²) in [6.07, 6.45) is 6.75. The van der Waals surface area contributed by atoms with Crippen LogP contribution in [0, 0.1) is 11.8 Å². The monoisotopic (exact) mass is 412 g/mol. The molecule has 6 nitrogen and oxygen atoms in total. The number of carbonyl (C=O) groups is 2. The molecule has 1 atom stereocenters. The van der Waals surface area contributed by atoms with Crippen molar-refractivity contribution in [1.29, 1.82) is 0 Å². The molecular formula is C24H36N4O2. The van der Waals surface area contributed by atoms with Gasteiger partial charge in [-0.05, 0) is 49.8 Å². The molecule has 2 aliphatic heterocycles. The van der Waals surface area contributed by atoms with Crippen LogP contribution in [0.4, 0.5) is 11.4 Å². The number of rotatable bonds is 5. The molecule has 0 spiro atoms. The van der Waals surface area contributed by atoms with Crippen molar-refractivity contribution >= 4 is 23.2 Å². The lowest BCUT2D eigenvalue weighted by Crippen LogP contribution is -2.55. The van der Waals surface area contributed by atoms with E-state index in [9.17, 15) is 9.59 Å². The molecule has 1 aliphatic carbocycles. The molecule has 0 bridgehead atoms. The highest BCUT2D eigenvalue weighted by molar-refractivity contribution is 6.02. The third kappa shape index (κ3) is 4.80.